The largest absolute Gasteiger partial charge is 0.489 e. The predicted octanol–water partition coefficient (Wildman–Crippen LogP) is 5.92. The molecule has 0 aromatic heterocycles. The predicted molar refractivity (Wildman–Crippen MR) is 108 cm³/mol. The van der Waals surface area contributed by atoms with Crippen molar-refractivity contribution in [3.05, 3.63) is 42.0 Å². The lowest BCUT2D eigenvalue weighted by Crippen LogP contribution is -2.43. The van der Waals surface area contributed by atoms with Crippen LogP contribution < -0.4 is 4.74 Å². The fraction of sp³-hybridized carbons (Fsp3) is 0.583. The molecule has 1 aromatic carbocycles. The van der Waals surface area contributed by atoms with Gasteiger partial charge in [0.05, 0.1) is 11.5 Å². The number of carbonyl (C=O) groups excluding carboxylic acids is 2. The summed E-state index contributed by atoms with van der Waals surface area (Å²) in [7, 11) is 0. The summed E-state index contributed by atoms with van der Waals surface area (Å²) in [5.41, 5.74) is 0.681. The van der Waals surface area contributed by atoms with E-state index in [4.69, 9.17) is 4.74 Å². The quantitative estimate of drug-likeness (QED) is 0.401. The summed E-state index contributed by atoms with van der Waals surface area (Å²) in [5, 5.41) is 0. The van der Waals surface area contributed by atoms with E-state index in [-0.39, 0.29) is 17.8 Å². The van der Waals surface area contributed by atoms with Crippen molar-refractivity contribution in [2.75, 3.05) is 0 Å². The van der Waals surface area contributed by atoms with Crippen LogP contribution in [0.1, 0.15) is 81.5 Å². The second kappa shape index (κ2) is 9.87. The van der Waals surface area contributed by atoms with Gasteiger partial charge in [0.25, 0.3) is 0 Å². The zero-order valence-electron chi connectivity index (χ0n) is 16.5. The maximum Gasteiger partial charge on any atom is 0.173 e. The Kier molecular flexibility index (Phi) is 7.25. The Balaban J connectivity index is 1.66. The fourth-order valence-corrected chi connectivity index (χ4v) is 4.38. The number of unbranched alkanes of at least 4 members (excludes halogenated alkanes) is 3. The number of para-hydroxylation sites is 1. The number of ether oxygens (including phenoxy) is 1. The van der Waals surface area contributed by atoms with E-state index in [0.717, 1.165) is 32.1 Å². The maximum atomic E-state index is 13.2. The second-order valence-electron chi connectivity index (χ2n) is 7.98. The lowest BCUT2D eigenvalue weighted by molar-refractivity contribution is -0.119. The summed E-state index contributed by atoms with van der Waals surface area (Å²) in [6, 6.07) is 7.56. The monoisotopic (exact) mass is 368 g/mol. The van der Waals surface area contributed by atoms with Gasteiger partial charge in [-0.1, -0.05) is 50.5 Å². The number of benzene rings is 1. The van der Waals surface area contributed by atoms with E-state index in [1.807, 2.05) is 24.3 Å². The minimum atomic E-state index is -0.198. The normalized spacial score (nSPS) is 24.3. The van der Waals surface area contributed by atoms with Crippen molar-refractivity contribution in [3.8, 4) is 5.75 Å². The average molecular weight is 369 g/mol. The third-order valence-corrected chi connectivity index (χ3v) is 5.97. The molecule has 2 aliphatic rings. The Bertz CT molecular complexity index is 676. The first-order valence-corrected chi connectivity index (χ1v) is 10.7. The van der Waals surface area contributed by atoms with Gasteiger partial charge in [-0.05, 0) is 44.2 Å². The van der Waals surface area contributed by atoms with E-state index in [2.05, 4.69) is 19.1 Å². The van der Waals surface area contributed by atoms with E-state index in [1.165, 1.54) is 12.8 Å². The highest BCUT2D eigenvalue weighted by Gasteiger charge is 2.41. The zero-order chi connectivity index (χ0) is 19.1. The van der Waals surface area contributed by atoms with E-state index >= 15 is 0 Å². The van der Waals surface area contributed by atoms with Crippen molar-refractivity contribution in [3.63, 3.8) is 0 Å². The third kappa shape index (κ3) is 5.09. The van der Waals surface area contributed by atoms with Crippen LogP contribution in [0, 0.1) is 11.8 Å². The first-order valence-electron chi connectivity index (χ1n) is 10.7. The number of rotatable bonds is 9. The van der Waals surface area contributed by atoms with Crippen molar-refractivity contribution >= 4 is 11.6 Å². The van der Waals surface area contributed by atoms with Crippen molar-refractivity contribution in [2.24, 2.45) is 11.8 Å². The summed E-state index contributed by atoms with van der Waals surface area (Å²) < 4.78 is 6.33. The molecule has 146 valence electrons. The topological polar surface area (TPSA) is 43.4 Å². The lowest BCUT2D eigenvalue weighted by atomic mass is 9.76. The van der Waals surface area contributed by atoms with Gasteiger partial charge in [0.1, 0.15) is 17.6 Å². The minimum Gasteiger partial charge on any atom is -0.489 e. The standard InChI is InChI=1S/C24H32O3/c1-2-3-4-8-13-19(25)16-17-21-23(26)20-14-9-10-15-22(20)27-24(21)18-11-6-5-7-12-18/h5-6,9-10,14-15,18,21,24H,2-4,7-8,11-13,16-17H2,1H3. The zero-order valence-corrected chi connectivity index (χ0v) is 16.5. The Labute approximate surface area is 163 Å². The van der Waals surface area contributed by atoms with E-state index in [1.54, 1.807) is 0 Å². The number of ketones is 2. The summed E-state index contributed by atoms with van der Waals surface area (Å²) in [6.07, 6.45) is 13.6. The van der Waals surface area contributed by atoms with Gasteiger partial charge >= 0.3 is 0 Å². The molecule has 0 radical (unpaired) electrons. The molecule has 3 atom stereocenters. The summed E-state index contributed by atoms with van der Waals surface area (Å²) in [5.74, 6) is 1.33. The van der Waals surface area contributed by atoms with Gasteiger partial charge in [-0.3, -0.25) is 9.59 Å². The van der Waals surface area contributed by atoms with Crippen LogP contribution >= 0.6 is 0 Å². The molecule has 3 unspecified atom stereocenters. The smallest absolute Gasteiger partial charge is 0.173 e. The van der Waals surface area contributed by atoms with E-state index in [0.29, 0.717) is 42.3 Å². The molecule has 0 saturated heterocycles. The van der Waals surface area contributed by atoms with Gasteiger partial charge in [-0.2, -0.15) is 0 Å². The average Bonchev–Trinajstić information content (AvgIpc) is 2.71. The molecule has 0 amide bonds. The van der Waals surface area contributed by atoms with Crippen LogP contribution in [0.5, 0.6) is 5.75 Å². The van der Waals surface area contributed by atoms with Gasteiger partial charge in [0.15, 0.2) is 5.78 Å². The maximum absolute atomic E-state index is 13.2. The Hall–Kier alpha value is -1.90. The van der Waals surface area contributed by atoms with Crippen LogP contribution in [-0.2, 0) is 4.79 Å². The van der Waals surface area contributed by atoms with E-state index < -0.39 is 0 Å². The molecule has 1 aliphatic heterocycles. The van der Waals surface area contributed by atoms with Gasteiger partial charge in [-0.25, -0.2) is 0 Å². The summed E-state index contributed by atoms with van der Waals surface area (Å²) >= 11 is 0. The molecule has 3 nitrogen and oxygen atoms in total. The molecule has 0 fully saturated rings. The summed E-state index contributed by atoms with van der Waals surface area (Å²) in [4.78, 5) is 25.5. The molecule has 1 aliphatic carbocycles. The molecular formula is C24H32O3. The Morgan fingerprint density at radius 1 is 1.11 bits per heavy atom. The van der Waals surface area contributed by atoms with Crippen molar-refractivity contribution < 1.29 is 14.3 Å². The van der Waals surface area contributed by atoms with Crippen LogP contribution in [0.25, 0.3) is 0 Å². The highest BCUT2D eigenvalue weighted by Crippen LogP contribution is 2.39. The molecule has 27 heavy (non-hydrogen) atoms. The Morgan fingerprint density at radius 3 is 2.74 bits per heavy atom. The minimum absolute atomic E-state index is 0.106. The SMILES string of the molecule is CCCCCCC(=O)CCC1C(=O)c2ccccc2OC1C1CC=CCC1. The molecule has 0 spiro atoms. The molecule has 0 N–H and O–H groups in total. The van der Waals surface area contributed by atoms with Gasteiger partial charge in [0.2, 0.25) is 0 Å². The number of allylic oxidation sites excluding steroid dienone is 2. The van der Waals surface area contributed by atoms with Gasteiger partial charge in [-0.15, -0.1) is 0 Å². The lowest BCUT2D eigenvalue weighted by Gasteiger charge is -2.38. The highest BCUT2D eigenvalue weighted by atomic mass is 16.5. The first-order chi connectivity index (χ1) is 13.2. The number of carbonyl (C=O) groups is 2. The molecule has 0 saturated carbocycles. The second-order valence-corrected chi connectivity index (χ2v) is 7.98. The molecular weight excluding hydrogens is 336 g/mol. The Morgan fingerprint density at radius 2 is 1.96 bits per heavy atom. The number of Topliss-reactive ketones (excluding diaryl/α,β-unsaturated/α-hetero) is 2. The van der Waals surface area contributed by atoms with Crippen molar-refractivity contribution in [1.29, 1.82) is 0 Å². The van der Waals surface area contributed by atoms with Crippen LogP contribution in [-0.4, -0.2) is 17.7 Å². The van der Waals surface area contributed by atoms with Gasteiger partial charge in [0, 0.05) is 18.8 Å². The number of hydrogen-bond donors (Lipinski definition) is 0. The first kappa shape index (κ1) is 19.9. The molecule has 1 heterocycles. The van der Waals surface area contributed by atoms with Crippen LogP contribution in [0.4, 0.5) is 0 Å². The molecule has 1 aromatic rings. The third-order valence-electron chi connectivity index (χ3n) is 5.97. The molecule has 3 rings (SSSR count). The number of fused-ring (bicyclic) bond motifs is 1. The number of hydrogen-bond acceptors (Lipinski definition) is 3. The fourth-order valence-electron chi connectivity index (χ4n) is 4.38. The van der Waals surface area contributed by atoms with E-state index in [9.17, 15) is 9.59 Å². The van der Waals surface area contributed by atoms with Crippen molar-refractivity contribution in [2.45, 2.75) is 77.2 Å². The molecule has 0 bridgehead atoms. The molecule has 3 heteroatoms. The van der Waals surface area contributed by atoms with Crippen LogP contribution in [0.3, 0.4) is 0 Å². The van der Waals surface area contributed by atoms with Crippen LogP contribution in [0.15, 0.2) is 36.4 Å². The highest BCUT2D eigenvalue weighted by molar-refractivity contribution is 6.01. The van der Waals surface area contributed by atoms with Crippen LogP contribution in [0.2, 0.25) is 0 Å². The summed E-state index contributed by atoms with van der Waals surface area (Å²) in [6.45, 7) is 2.18. The van der Waals surface area contributed by atoms with Crippen molar-refractivity contribution in [1.82, 2.24) is 0 Å². The van der Waals surface area contributed by atoms with Gasteiger partial charge < -0.3 is 4.74 Å².